The average molecular weight is 308 g/mol. The number of carboxylic acids is 1. The largest absolute Gasteiger partial charge is 0.477 e. The Morgan fingerprint density at radius 1 is 1.35 bits per heavy atom. The Morgan fingerprint density at radius 3 is 2.74 bits per heavy atom. The van der Waals surface area contributed by atoms with Crippen molar-refractivity contribution in [3.05, 3.63) is 48.2 Å². The smallest absolute Gasteiger partial charge is 0.354 e. The first kappa shape index (κ1) is 15.7. The van der Waals surface area contributed by atoms with E-state index < -0.39 is 11.8 Å². The summed E-state index contributed by atoms with van der Waals surface area (Å²) < 4.78 is 0. The van der Waals surface area contributed by atoms with Crippen LogP contribution in [0, 0.1) is 16.7 Å². The Morgan fingerprint density at radius 2 is 2.09 bits per heavy atom. The van der Waals surface area contributed by atoms with Crippen LogP contribution in [-0.2, 0) is 0 Å². The number of hydrogen-bond acceptors (Lipinski definition) is 6. The summed E-state index contributed by atoms with van der Waals surface area (Å²) in [5.41, 5.74) is 9.25. The fourth-order valence-electron chi connectivity index (χ4n) is 1.73. The summed E-state index contributed by atoms with van der Waals surface area (Å²) in [5, 5.41) is 28.7. The molecule has 0 saturated heterocycles. The van der Waals surface area contributed by atoms with Gasteiger partial charge in [0.15, 0.2) is 5.84 Å². The first-order chi connectivity index (χ1) is 11.0. The van der Waals surface area contributed by atoms with Gasteiger partial charge in [-0.1, -0.05) is 18.2 Å². The summed E-state index contributed by atoms with van der Waals surface area (Å²) in [5.74, 6) is -1.54. The predicted octanol–water partition coefficient (Wildman–Crippen LogP) is 1.67. The number of nitrogens with two attached hydrogens (primary N) is 1. The van der Waals surface area contributed by atoms with Crippen molar-refractivity contribution in [1.29, 1.82) is 10.7 Å². The van der Waals surface area contributed by atoms with Crippen LogP contribution in [0.4, 0.5) is 5.69 Å². The lowest BCUT2D eigenvalue weighted by Gasteiger charge is -2.05. The van der Waals surface area contributed by atoms with Gasteiger partial charge in [0.05, 0.1) is 11.4 Å². The molecule has 0 amide bonds. The summed E-state index contributed by atoms with van der Waals surface area (Å²) in [4.78, 5) is 15.0. The number of nitriles is 1. The first-order valence-corrected chi connectivity index (χ1v) is 6.40. The van der Waals surface area contributed by atoms with Crippen LogP contribution < -0.4 is 11.2 Å². The van der Waals surface area contributed by atoms with E-state index in [-0.39, 0.29) is 11.4 Å². The Labute approximate surface area is 131 Å². The Balaban J connectivity index is 2.30. The maximum absolute atomic E-state index is 11.0. The highest BCUT2D eigenvalue weighted by Crippen LogP contribution is 2.21. The van der Waals surface area contributed by atoms with Crippen molar-refractivity contribution in [2.24, 2.45) is 10.8 Å². The number of hydrogen-bond donors (Lipinski definition) is 4. The van der Waals surface area contributed by atoms with Crippen LogP contribution in [0.1, 0.15) is 10.5 Å². The topological polar surface area (TPSA) is 148 Å². The second-order valence-corrected chi connectivity index (χ2v) is 4.39. The molecule has 1 aromatic heterocycles. The molecule has 2 aromatic rings. The number of hydrazone groups is 1. The van der Waals surface area contributed by atoms with Gasteiger partial charge in [-0.15, -0.1) is 0 Å². The molecule has 8 nitrogen and oxygen atoms in total. The molecular formula is C15H12N6O2. The molecule has 0 unspecified atom stereocenters. The van der Waals surface area contributed by atoms with Gasteiger partial charge in [-0.25, -0.2) is 9.78 Å². The molecule has 0 saturated carbocycles. The molecule has 0 aliphatic rings. The zero-order valence-corrected chi connectivity index (χ0v) is 11.8. The van der Waals surface area contributed by atoms with Crippen LogP contribution >= 0.6 is 0 Å². The summed E-state index contributed by atoms with van der Waals surface area (Å²) >= 11 is 0. The number of aromatic carboxylic acids is 1. The Kier molecular flexibility index (Phi) is 4.64. The second kappa shape index (κ2) is 6.82. The number of benzene rings is 1. The zero-order chi connectivity index (χ0) is 16.8. The number of anilines is 1. The van der Waals surface area contributed by atoms with Gasteiger partial charge >= 0.3 is 5.97 Å². The third-order valence-electron chi connectivity index (χ3n) is 2.78. The monoisotopic (exact) mass is 308 g/mol. The average Bonchev–Trinajstić information content (AvgIpc) is 2.55. The number of rotatable bonds is 5. The van der Waals surface area contributed by atoms with Gasteiger partial charge in [0.25, 0.3) is 0 Å². The SMILES string of the molecule is N#C/C(=N\Nc1cccc(-c2cccc(C(=O)O)n2)c1)C(=N)N. The summed E-state index contributed by atoms with van der Waals surface area (Å²) in [6, 6.07) is 13.3. The summed E-state index contributed by atoms with van der Waals surface area (Å²) in [6.45, 7) is 0. The minimum absolute atomic E-state index is 0.0535. The first-order valence-electron chi connectivity index (χ1n) is 6.40. The van der Waals surface area contributed by atoms with E-state index in [1.807, 2.05) is 0 Å². The lowest BCUT2D eigenvalue weighted by molar-refractivity contribution is 0.0690. The number of amidine groups is 1. The molecular weight excluding hydrogens is 296 g/mol. The molecule has 0 radical (unpaired) electrons. The number of carboxylic acid groups (broad SMARTS) is 1. The van der Waals surface area contributed by atoms with Crippen LogP contribution in [0.5, 0.6) is 0 Å². The minimum atomic E-state index is -1.11. The van der Waals surface area contributed by atoms with Gasteiger partial charge in [-0.2, -0.15) is 10.4 Å². The van der Waals surface area contributed by atoms with Gasteiger partial charge in [-0.05, 0) is 24.3 Å². The molecule has 0 aliphatic carbocycles. The van der Waals surface area contributed by atoms with Crippen molar-refractivity contribution >= 4 is 23.2 Å². The van der Waals surface area contributed by atoms with Crippen LogP contribution in [0.25, 0.3) is 11.3 Å². The lowest BCUT2D eigenvalue weighted by Crippen LogP contribution is -2.21. The molecule has 0 fully saturated rings. The van der Waals surface area contributed by atoms with E-state index in [1.165, 1.54) is 6.07 Å². The standard InChI is InChI=1S/C15H12N6O2/c16-8-13(14(17)18)21-20-10-4-1-3-9(7-10)11-5-2-6-12(19-11)15(22)23/h1-7,20H,(H3,17,18)(H,22,23)/b21-13+. The molecule has 0 atom stereocenters. The number of carbonyl (C=O) groups is 1. The Bertz CT molecular complexity index is 838. The molecule has 0 aliphatic heterocycles. The van der Waals surface area contributed by atoms with E-state index in [0.717, 1.165) is 0 Å². The van der Waals surface area contributed by atoms with Crippen LogP contribution in [0.15, 0.2) is 47.6 Å². The van der Waals surface area contributed by atoms with E-state index in [4.69, 9.17) is 21.5 Å². The summed E-state index contributed by atoms with van der Waals surface area (Å²) in [7, 11) is 0. The van der Waals surface area contributed by atoms with E-state index in [2.05, 4.69) is 15.5 Å². The number of aromatic nitrogens is 1. The molecule has 0 spiro atoms. The molecule has 114 valence electrons. The molecule has 0 bridgehead atoms. The van der Waals surface area contributed by atoms with Crippen molar-refractivity contribution in [3.63, 3.8) is 0 Å². The van der Waals surface area contributed by atoms with Crippen molar-refractivity contribution in [2.75, 3.05) is 5.43 Å². The van der Waals surface area contributed by atoms with Crippen molar-refractivity contribution < 1.29 is 9.90 Å². The molecule has 23 heavy (non-hydrogen) atoms. The van der Waals surface area contributed by atoms with Crippen LogP contribution in [0.2, 0.25) is 0 Å². The van der Waals surface area contributed by atoms with Gasteiger partial charge in [0.2, 0.25) is 5.71 Å². The van der Waals surface area contributed by atoms with Gasteiger partial charge in [0, 0.05) is 5.56 Å². The van der Waals surface area contributed by atoms with Crippen LogP contribution in [-0.4, -0.2) is 27.6 Å². The molecule has 5 N–H and O–H groups in total. The fourth-order valence-corrected chi connectivity index (χ4v) is 1.73. The maximum Gasteiger partial charge on any atom is 0.354 e. The zero-order valence-electron chi connectivity index (χ0n) is 11.8. The lowest BCUT2D eigenvalue weighted by atomic mass is 10.1. The third kappa shape index (κ3) is 3.89. The molecule has 2 rings (SSSR count). The third-order valence-corrected chi connectivity index (χ3v) is 2.78. The second-order valence-electron chi connectivity index (χ2n) is 4.39. The molecule has 1 aromatic carbocycles. The highest BCUT2D eigenvalue weighted by atomic mass is 16.4. The van der Waals surface area contributed by atoms with Crippen LogP contribution in [0.3, 0.4) is 0 Å². The van der Waals surface area contributed by atoms with Crippen molar-refractivity contribution in [1.82, 2.24) is 4.98 Å². The van der Waals surface area contributed by atoms with Gasteiger partial charge < -0.3 is 10.8 Å². The predicted molar refractivity (Wildman–Crippen MR) is 85.2 cm³/mol. The van der Waals surface area contributed by atoms with E-state index in [9.17, 15) is 4.79 Å². The van der Waals surface area contributed by atoms with Gasteiger partial charge in [0.1, 0.15) is 11.8 Å². The highest BCUT2D eigenvalue weighted by molar-refractivity contribution is 6.45. The quantitative estimate of drug-likeness (QED) is 0.375. The van der Waals surface area contributed by atoms with E-state index in [1.54, 1.807) is 42.5 Å². The minimum Gasteiger partial charge on any atom is -0.477 e. The number of nitrogens with one attached hydrogen (secondary N) is 2. The number of nitrogens with zero attached hydrogens (tertiary/aromatic N) is 3. The Hall–Kier alpha value is -3.73. The molecule has 1 heterocycles. The number of pyridine rings is 1. The van der Waals surface area contributed by atoms with Crippen molar-refractivity contribution in [2.45, 2.75) is 0 Å². The fraction of sp³-hybridized carbons (Fsp3) is 0. The summed E-state index contributed by atoms with van der Waals surface area (Å²) in [6.07, 6.45) is 0. The molecule has 8 heteroatoms. The maximum atomic E-state index is 11.0. The highest BCUT2D eigenvalue weighted by Gasteiger charge is 2.07. The van der Waals surface area contributed by atoms with Crippen molar-refractivity contribution in [3.8, 4) is 17.3 Å². The van der Waals surface area contributed by atoms with E-state index >= 15 is 0 Å². The normalized spacial score (nSPS) is 10.7. The van der Waals surface area contributed by atoms with E-state index in [0.29, 0.717) is 16.9 Å². The van der Waals surface area contributed by atoms with Gasteiger partial charge in [-0.3, -0.25) is 10.8 Å².